The Balaban J connectivity index is 3.14. The monoisotopic (exact) mass is 367 g/mol. The van der Waals surface area contributed by atoms with E-state index in [0.29, 0.717) is 0 Å². The maximum atomic E-state index is 13.7. The fourth-order valence-electron chi connectivity index (χ4n) is 1.36. The molecule has 0 saturated heterocycles. The molecule has 0 aromatic heterocycles. The SMILES string of the molecule is CCOC(=O)C(C(N)=S)c1ccc(I)cc1F. The van der Waals surface area contributed by atoms with Crippen LogP contribution in [0.25, 0.3) is 0 Å². The number of thiocarbonyl (C=S) groups is 1. The van der Waals surface area contributed by atoms with Crippen molar-refractivity contribution in [3.8, 4) is 0 Å². The van der Waals surface area contributed by atoms with Gasteiger partial charge in [0.2, 0.25) is 0 Å². The Morgan fingerprint density at radius 3 is 2.76 bits per heavy atom. The van der Waals surface area contributed by atoms with Crippen LogP contribution in [0.3, 0.4) is 0 Å². The van der Waals surface area contributed by atoms with Gasteiger partial charge in [0.15, 0.2) is 0 Å². The van der Waals surface area contributed by atoms with Crippen molar-refractivity contribution >= 4 is 45.8 Å². The van der Waals surface area contributed by atoms with Gasteiger partial charge in [-0.15, -0.1) is 0 Å². The summed E-state index contributed by atoms with van der Waals surface area (Å²) < 4.78 is 19.3. The first-order valence-electron chi connectivity index (χ1n) is 4.88. The lowest BCUT2D eigenvalue weighted by Gasteiger charge is -2.15. The second-order valence-corrected chi connectivity index (χ2v) is 4.97. The van der Waals surface area contributed by atoms with Crippen molar-refractivity contribution in [2.75, 3.05) is 6.61 Å². The number of carbonyl (C=O) groups excluding carboxylic acids is 1. The van der Waals surface area contributed by atoms with Crippen LogP contribution in [0, 0.1) is 9.39 Å². The van der Waals surface area contributed by atoms with Crippen LogP contribution in [0.5, 0.6) is 0 Å². The molecule has 0 aliphatic carbocycles. The predicted molar refractivity (Wildman–Crippen MR) is 75.3 cm³/mol. The Labute approximate surface area is 118 Å². The minimum absolute atomic E-state index is 0.0939. The minimum Gasteiger partial charge on any atom is -0.465 e. The molecule has 1 aromatic carbocycles. The van der Waals surface area contributed by atoms with E-state index in [1.54, 1.807) is 13.0 Å². The third kappa shape index (κ3) is 3.60. The van der Waals surface area contributed by atoms with E-state index in [0.717, 1.165) is 3.57 Å². The second-order valence-electron chi connectivity index (χ2n) is 3.25. The summed E-state index contributed by atoms with van der Waals surface area (Å²) in [4.78, 5) is 11.6. The zero-order valence-electron chi connectivity index (χ0n) is 9.07. The minimum atomic E-state index is -1.03. The van der Waals surface area contributed by atoms with Crippen LogP contribution in [0.2, 0.25) is 0 Å². The highest BCUT2D eigenvalue weighted by atomic mass is 127. The summed E-state index contributed by atoms with van der Waals surface area (Å²) in [5.41, 5.74) is 5.62. The average Bonchev–Trinajstić information content (AvgIpc) is 2.21. The predicted octanol–water partition coefficient (Wildman–Crippen LogP) is 2.36. The molecular weight excluding hydrogens is 356 g/mol. The van der Waals surface area contributed by atoms with Crippen molar-refractivity contribution in [2.45, 2.75) is 12.8 Å². The van der Waals surface area contributed by atoms with Gasteiger partial charge in [-0.1, -0.05) is 18.3 Å². The Morgan fingerprint density at radius 1 is 1.65 bits per heavy atom. The largest absolute Gasteiger partial charge is 0.465 e. The first-order valence-corrected chi connectivity index (χ1v) is 6.37. The summed E-state index contributed by atoms with van der Waals surface area (Å²) in [5.74, 6) is -2.16. The third-order valence-electron chi connectivity index (χ3n) is 2.08. The van der Waals surface area contributed by atoms with E-state index in [9.17, 15) is 9.18 Å². The zero-order chi connectivity index (χ0) is 13.0. The van der Waals surface area contributed by atoms with E-state index < -0.39 is 17.7 Å². The normalized spacial score (nSPS) is 11.9. The Hall–Kier alpha value is -0.760. The summed E-state index contributed by atoms with van der Waals surface area (Å²) in [6.45, 7) is 1.86. The lowest BCUT2D eigenvalue weighted by Crippen LogP contribution is -2.29. The smallest absolute Gasteiger partial charge is 0.320 e. The van der Waals surface area contributed by atoms with E-state index in [1.807, 2.05) is 22.6 Å². The highest BCUT2D eigenvalue weighted by Crippen LogP contribution is 2.23. The standard InChI is InChI=1S/C11H11FINO2S/c1-2-16-11(15)9(10(14)17)7-4-3-6(13)5-8(7)12/h3-5,9H,2H2,1H3,(H2,14,17). The molecule has 3 nitrogen and oxygen atoms in total. The molecule has 0 spiro atoms. The summed E-state index contributed by atoms with van der Waals surface area (Å²) >= 11 is 6.77. The van der Waals surface area contributed by atoms with Crippen LogP contribution >= 0.6 is 34.8 Å². The van der Waals surface area contributed by atoms with Crippen molar-refractivity contribution in [1.82, 2.24) is 0 Å². The number of hydrogen-bond donors (Lipinski definition) is 1. The third-order valence-corrected chi connectivity index (χ3v) is 2.99. The fraction of sp³-hybridized carbons (Fsp3) is 0.273. The Bertz CT molecular complexity index is 453. The molecule has 0 amide bonds. The van der Waals surface area contributed by atoms with Crippen molar-refractivity contribution < 1.29 is 13.9 Å². The number of hydrogen-bond acceptors (Lipinski definition) is 3. The molecule has 0 saturated carbocycles. The number of rotatable bonds is 4. The van der Waals surface area contributed by atoms with Gasteiger partial charge in [0.05, 0.1) is 11.6 Å². The molecule has 0 aliphatic heterocycles. The molecule has 0 heterocycles. The maximum absolute atomic E-state index is 13.7. The average molecular weight is 367 g/mol. The molecule has 0 aliphatic rings. The molecule has 0 bridgehead atoms. The van der Waals surface area contributed by atoms with Gasteiger partial charge in [-0.05, 0) is 41.6 Å². The van der Waals surface area contributed by atoms with E-state index >= 15 is 0 Å². The van der Waals surface area contributed by atoms with E-state index in [4.69, 9.17) is 22.7 Å². The van der Waals surface area contributed by atoms with Crippen LogP contribution < -0.4 is 5.73 Å². The van der Waals surface area contributed by atoms with Gasteiger partial charge in [0, 0.05) is 9.13 Å². The number of carbonyl (C=O) groups is 1. The first kappa shape index (κ1) is 14.3. The number of halogens is 2. The Kier molecular flexibility index (Phi) is 5.26. The van der Waals surface area contributed by atoms with Gasteiger partial charge in [0.1, 0.15) is 11.7 Å². The van der Waals surface area contributed by atoms with Gasteiger partial charge in [0.25, 0.3) is 0 Å². The quantitative estimate of drug-likeness (QED) is 0.504. The fourth-order valence-corrected chi connectivity index (χ4v) is 2.03. The lowest BCUT2D eigenvalue weighted by molar-refractivity contribution is -0.143. The summed E-state index contributed by atoms with van der Waals surface area (Å²) in [5, 5.41) is 0. The van der Waals surface area contributed by atoms with E-state index in [-0.39, 0.29) is 17.2 Å². The van der Waals surface area contributed by atoms with Gasteiger partial charge < -0.3 is 10.5 Å². The second kappa shape index (κ2) is 6.25. The molecule has 1 unspecified atom stereocenters. The van der Waals surface area contributed by atoms with Crippen molar-refractivity contribution in [2.24, 2.45) is 5.73 Å². The molecule has 1 rings (SSSR count). The zero-order valence-corrected chi connectivity index (χ0v) is 12.0. The van der Waals surface area contributed by atoms with Crippen LogP contribution in [-0.2, 0) is 9.53 Å². The molecule has 0 radical (unpaired) electrons. The number of nitrogens with two attached hydrogens (primary N) is 1. The molecule has 92 valence electrons. The maximum Gasteiger partial charge on any atom is 0.320 e. The van der Waals surface area contributed by atoms with Crippen LogP contribution in [0.1, 0.15) is 18.4 Å². The van der Waals surface area contributed by atoms with Gasteiger partial charge in [-0.3, -0.25) is 4.79 Å². The highest BCUT2D eigenvalue weighted by Gasteiger charge is 2.27. The molecule has 1 aromatic rings. The highest BCUT2D eigenvalue weighted by molar-refractivity contribution is 14.1. The summed E-state index contributed by atoms with van der Waals surface area (Å²) in [6, 6.07) is 4.50. The van der Waals surface area contributed by atoms with E-state index in [1.165, 1.54) is 12.1 Å². The first-order chi connectivity index (χ1) is 7.97. The summed E-state index contributed by atoms with van der Waals surface area (Å²) in [6.07, 6.45) is 0. The molecule has 17 heavy (non-hydrogen) atoms. The molecular formula is C11H11FINO2S. The van der Waals surface area contributed by atoms with E-state index in [2.05, 4.69) is 0 Å². The van der Waals surface area contributed by atoms with Gasteiger partial charge >= 0.3 is 5.97 Å². The van der Waals surface area contributed by atoms with Crippen molar-refractivity contribution in [3.05, 3.63) is 33.1 Å². The lowest BCUT2D eigenvalue weighted by atomic mass is 9.99. The molecule has 6 heteroatoms. The van der Waals surface area contributed by atoms with Crippen molar-refractivity contribution in [3.63, 3.8) is 0 Å². The van der Waals surface area contributed by atoms with Crippen LogP contribution in [-0.4, -0.2) is 17.6 Å². The number of benzene rings is 1. The topological polar surface area (TPSA) is 52.3 Å². The number of esters is 1. The van der Waals surface area contributed by atoms with Crippen LogP contribution in [0.15, 0.2) is 18.2 Å². The molecule has 0 fully saturated rings. The number of ether oxygens (including phenoxy) is 1. The molecule has 1 atom stereocenters. The Morgan fingerprint density at radius 2 is 2.29 bits per heavy atom. The van der Waals surface area contributed by atoms with Crippen LogP contribution in [0.4, 0.5) is 4.39 Å². The van der Waals surface area contributed by atoms with Crippen molar-refractivity contribution in [1.29, 1.82) is 0 Å². The molecule has 2 N–H and O–H groups in total. The van der Waals surface area contributed by atoms with Gasteiger partial charge in [-0.2, -0.15) is 0 Å². The summed E-state index contributed by atoms with van der Waals surface area (Å²) in [7, 11) is 0. The van der Waals surface area contributed by atoms with Gasteiger partial charge in [-0.25, -0.2) is 4.39 Å².